The summed E-state index contributed by atoms with van der Waals surface area (Å²) in [6.45, 7) is 5.21. The molecular weight excluding hydrogens is 398 g/mol. The highest BCUT2D eigenvalue weighted by Gasteiger charge is 2.19. The number of nitrogens with one attached hydrogen (secondary N) is 2. The molecule has 0 aliphatic carbocycles. The van der Waals surface area contributed by atoms with Crippen molar-refractivity contribution >= 4 is 27.5 Å². The van der Waals surface area contributed by atoms with Crippen molar-refractivity contribution in [2.75, 3.05) is 11.9 Å². The molecule has 0 saturated heterocycles. The van der Waals surface area contributed by atoms with Gasteiger partial charge in [-0.25, -0.2) is 0 Å². The normalized spacial score (nSPS) is 10.9. The van der Waals surface area contributed by atoms with E-state index >= 15 is 0 Å². The molecule has 0 fully saturated rings. The predicted molar refractivity (Wildman–Crippen MR) is 102 cm³/mol. The molecule has 0 aliphatic rings. The fourth-order valence-corrected chi connectivity index (χ4v) is 3.23. The summed E-state index contributed by atoms with van der Waals surface area (Å²) >= 11 is 3.45. The number of carbonyl (C=O) groups is 1. The molecule has 7 nitrogen and oxygen atoms in total. The molecule has 0 bridgehead atoms. The highest BCUT2D eigenvalue weighted by molar-refractivity contribution is 9.10. The van der Waals surface area contributed by atoms with Crippen LogP contribution in [0.15, 0.2) is 47.2 Å². The van der Waals surface area contributed by atoms with E-state index in [0.717, 1.165) is 5.69 Å². The number of ether oxygens (including phenoxy) is 1. The van der Waals surface area contributed by atoms with E-state index in [1.54, 1.807) is 16.9 Å². The van der Waals surface area contributed by atoms with Gasteiger partial charge in [-0.1, -0.05) is 19.9 Å². The molecular formula is C18H20BrN5O2. The molecule has 3 aromatic rings. The molecule has 2 heterocycles. The van der Waals surface area contributed by atoms with Crippen molar-refractivity contribution in [1.82, 2.24) is 20.0 Å². The zero-order valence-electron chi connectivity index (χ0n) is 14.6. The number of anilines is 1. The van der Waals surface area contributed by atoms with E-state index < -0.39 is 0 Å². The molecule has 0 saturated carbocycles. The molecule has 0 spiro atoms. The number of nitrogens with zero attached hydrogens (tertiary/aromatic N) is 3. The Labute approximate surface area is 159 Å². The maximum absolute atomic E-state index is 12.5. The summed E-state index contributed by atoms with van der Waals surface area (Å²) in [5.74, 6) is 0.637. The van der Waals surface area contributed by atoms with Crippen LogP contribution in [0.5, 0.6) is 5.75 Å². The van der Waals surface area contributed by atoms with Crippen LogP contribution >= 0.6 is 15.9 Å². The smallest absolute Gasteiger partial charge is 0.277 e. The molecule has 1 amide bonds. The van der Waals surface area contributed by atoms with E-state index in [9.17, 15) is 4.79 Å². The van der Waals surface area contributed by atoms with Gasteiger partial charge in [-0.2, -0.15) is 10.2 Å². The van der Waals surface area contributed by atoms with Crippen molar-refractivity contribution in [1.29, 1.82) is 0 Å². The second-order valence-electron chi connectivity index (χ2n) is 6.05. The second kappa shape index (κ2) is 8.18. The largest absolute Gasteiger partial charge is 0.492 e. The summed E-state index contributed by atoms with van der Waals surface area (Å²) in [4.78, 5) is 12.5. The molecule has 136 valence electrons. The Bertz CT molecular complexity index is 874. The fourth-order valence-electron chi connectivity index (χ4n) is 2.42. The molecule has 1 aromatic carbocycles. The highest BCUT2D eigenvalue weighted by Crippen LogP contribution is 2.26. The third-order valence-corrected chi connectivity index (χ3v) is 4.57. The maximum Gasteiger partial charge on any atom is 0.277 e. The lowest BCUT2D eigenvalue weighted by atomic mass is 10.1. The maximum atomic E-state index is 12.5. The third-order valence-electron chi connectivity index (χ3n) is 3.77. The van der Waals surface area contributed by atoms with Crippen molar-refractivity contribution in [2.45, 2.75) is 26.3 Å². The Morgan fingerprint density at radius 2 is 2.23 bits per heavy atom. The quantitative estimate of drug-likeness (QED) is 0.611. The number of aromatic amines is 1. The standard InChI is InChI=1S/C18H20BrN5O2/c1-12(2)16-15(19)17(23-22-16)18(25)21-13-5-3-6-14(11-13)26-10-9-24-8-4-7-20-24/h3-8,11-12H,9-10H2,1-2H3,(H,21,25)(H,22,23). The SMILES string of the molecule is CC(C)c1[nH]nc(C(=O)Nc2cccc(OCCn3cccn3)c2)c1Br. The number of benzene rings is 1. The topological polar surface area (TPSA) is 84.8 Å². The van der Waals surface area contributed by atoms with Crippen molar-refractivity contribution in [3.8, 4) is 5.75 Å². The van der Waals surface area contributed by atoms with Crippen LogP contribution in [0.25, 0.3) is 0 Å². The van der Waals surface area contributed by atoms with Crippen LogP contribution in [0.1, 0.15) is 35.9 Å². The Balaban J connectivity index is 1.62. The number of halogens is 1. The zero-order chi connectivity index (χ0) is 18.5. The van der Waals surface area contributed by atoms with E-state index in [1.165, 1.54) is 0 Å². The summed E-state index contributed by atoms with van der Waals surface area (Å²) in [6, 6.07) is 9.14. The number of H-pyrrole nitrogens is 1. The van der Waals surface area contributed by atoms with Crippen molar-refractivity contribution in [3.63, 3.8) is 0 Å². The van der Waals surface area contributed by atoms with Gasteiger partial charge in [0.05, 0.1) is 16.7 Å². The minimum atomic E-state index is -0.284. The number of carbonyl (C=O) groups excluding carboxylic acids is 1. The predicted octanol–water partition coefficient (Wildman–Crippen LogP) is 3.82. The molecule has 2 N–H and O–H groups in total. The minimum absolute atomic E-state index is 0.241. The monoisotopic (exact) mass is 417 g/mol. The van der Waals surface area contributed by atoms with Crippen LogP contribution in [0.2, 0.25) is 0 Å². The molecule has 3 rings (SSSR count). The van der Waals surface area contributed by atoms with Gasteiger partial charge < -0.3 is 10.1 Å². The first-order valence-corrected chi connectivity index (χ1v) is 9.09. The average Bonchev–Trinajstić information content (AvgIpc) is 3.24. The van der Waals surface area contributed by atoms with Crippen LogP contribution in [-0.2, 0) is 6.54 Å². The molecule has 8 heteroatoms. The van der Waals surface area contributed by atoms with Crippen LogP contribution in [0, 0.1) is 0 Å². The third kappa shape index (κ3) is 4.32. The number of hydrogen-bond acceptors (Lipinski definition) is 4. The van der Waals surface area contributed by atoms with E-state index in [0.29, 0.717) is 34.8 Å². The number of hydrogen-bond donors (Lipinski definition) is 2. The zero-order valence-corrected chi connectivity index (χ0v) is 16.2. The van der Waals surface area contributed by atoms with Gasteiger partial charge in [0, 0.05) is 24.1 Å². The van der Waals surface area contributed by atoms with Gasteiger partial charge in [-0.05, 0) is 40.0 Å². The van der Waals surface area contributed by atoms with E-state index in [4.69, 9.17) is 4.74 Å². The number of rotatable bonds is 7. The average molecular weight is 418 g/mol. The van der Waals surface area contributed by atoms with Crippen molar-refractivity contribution in [3.05, 3.63) is 58.6 Å². The van der Waals surface area contributed by atoms with Gasteiger partial charge in [0.2, 0.25) is 0 Å². The molecule has 26 heavy (non-hydrogen) atoms. The Morgan fingerprint density at radius 3 is 2.92 bits per heavy atom. The summed E-state index contributed by atoms with van der Waals surface area (Å²) in [7, 11) is 0. The molecule has 0 unspecified atom stereocenters. The van der Waals surface area contributed by atoms with E-state index in [1.807, 2.05) is 44.3 Å². The Hall–Kier alpha value is -2.61. The lowest BCUT2D eigenvalue weighted by molar-refractivity contribution is 0.102. The van der Waals surface area contributed by atoms with Gasteiger partial charge in [0.25, 0.3) is 5.91 Å². The van der Waals surface area contributed by atoms with Crippen molar-refractivity contribution in [2.24, 2.45) is 0 Å². The summed E-state index contributed by atoms with van der Waals surface area (Å²) < 4.78 is 8.21. The number of amides is 1. The van der Waals surface area contributed by atoms with Gasteiger partial charge in [-0.15, -0.1) is 0 Å². The van der Waals surface area contributed by atoms with Crippen LogP contribution in [0.3, 0.4) is 0 Å². The van der Waals surface area contributed by atoms with Crippen LogP contribution < -0.4 is 10.1 Å². The van der Waals surface area contributed by atoms with Crippen molar-refractivity contribution < 1.29 is 9.53 Å². The van der Waals surface area contributed by atoms with Gasteiger partial charge in [0.15, 0.2) is 5.69 Å². The fraction of sp³-hybridized carbons (Fsp3) is 0.278. The van der Waals surface area contributed by atoms with E-state index in [-0.39, 0.29) is 11.8 Å². The molecule has 0 aliphatic heterocycles. The highest BCUT2D eigenvalue weighted by atomic mass is 79.9. The molecule has 0 radical (unpaired) electrons. The van der Waals surface area contributed by atoms with Crippen LogP contribution in [-0.4, -0.2) is 32.5 Å². The lowest BCUT2D eigenvalue weighted by Crippen LogP contribution is -2.13. The first-order chi connectivity index (χ1) is 12.5. The summed E-state index contributed by atoms with van der Waals surface area (Å²) in [5, 5.41) is 14.0. The first kappa shape index (κ1) is 18.2. The Morgan fingerprint density at radius 1 is 1.38 bits per heavy atom. The summed E-state index contributed by atoms with van der Waals surface area (Å²) in [6.07, 6.45) is 3.61. The van der Waals surface area contributed by atoms with Gasteiger partial charge in [-0.3, -0.25) is 14.6 Å². The number of aromatic nitrogens is 4. The van der Waals surface area contributed by atoms with E-state index in [2.05, 4.69) is 36.5 Å². The molecule has 2 aromatic heterocycles. The van der Waals surface area contributed by atoms with Gasteiger partial charge in [0.1, 0.15) is 12.4 Å². The minimum Gasteiger partial charge on any atom is -0.492 e. The Kier molecular flexibility index (Phi) is 5.72. The lowest BCUT2D eigenvalue weighted by Gasteiger charge is -2.09. The summed E-state index contributed by atoms with van der Waals surface area (Å²) in [5.41, 5.74) is 1.87. The van der Waals surface area contributed by atoms with Crippen LogP contribution in [0.4, 0.5) is 5.69 Å². The second-order valence-corrected chi connectivity index (χ2v) is 6.85. The van der Waals surface area contributed by atoms with Gasteiger partial charge >= 0.3 is 0 Å². The first-order valence-electron chi connectivity index (χ1n) is 8.30. The molecule has 0 atom stereocenters.